The van der Waals surface area contributed by atoms with Gasteiger partial charge in [-0.05, 0) is 78.1 Å². The molecule has 0 spiro atoms. The second-order valence-corrected chi connectivity index (χ2v) is 10.4. The van der Waals surface area contributed by atoms with Gasteiger partial charge in [-0.1, -0.05) is 51.0 Å². The number of rotatable bonds is 14. The average molecular weight is 601 g/mol. The summed E-state index contributed by atoms with van der Waals surface area (Å²) >= 11 is 0. The molecule has 232 valence electrons. The Morgan fingerprint density at radius 1 is 0.727 bits per heavy atom. The van der Waals surface area contributed by atoms with E-state index in [-0.39, 0.29) is 23.9 Å². The predicted molar refractivity (Wildman–Crippen MR) is 169 cm³/mol. The van der Waals surface area contributed by atoms with E-state index >= 15 is 0 Å². The second kappa shape index (κ2) is 15.2. The van der Waals surface area contributed by atoms with Crippen LogP contribution in [0.5, 0.6) is 34.5 Å². The first-order valence-electron chi connectivity index (χ1n) is 14.7. The molecule has 0 aliphatic heterocycles. The number of hydrogen-bond acceptors (Lipinski definition) is 8. The van der Waals surface area contributed by atoms with E-state index in [1.807, 2.05) is 30.3 Å². The Morgan fingerprint density at radius 3 is 1.95 bits per heavy atom. The number of esters is 1. The van der Waals surface area contributed by atoms with Crippen LogP contribution in [0.15, 0.2) is 72.8 Å². The van der Waals surface area contributed by atoms with Crippen LogP contribution < -0.4 is 23.7 Å². The van der Waals surface area contributed by atoms with Gasteiger partial charge in [-0.3, -0.25) is 0 Å². The van der Waals surface area contributed by atoms with Gasteiger partial charge < -0.3 is 33.9 Å². The molecule has 4 rings (SSSR count). The highest BCUT2D eigenvalue weighted by molar-refractivity contribution is 5.91. The molecule has 44 heavy (non-hydrogen) atoms. The molecule has 4 aromatic carbocycles. The molecule has 0 heterocycles. The zero-order valence-electron chi connectivity index (χ0n) is 25.9. The van der Waals surface area contributed by atoms with Crippen LogP contribution in [-0.4, -0.2) is 44.1 Å². The summed E-state index contributed by atoms with van der Waals surface area (Å²) in [6.45, 7) is 4.06. The molecule has 4 aromatic rings. The van der Waals surface area contributed by atoms with Gasteiger partial charge in [0.2, 0.25) is 0 Å². The number of phenolic OH excluding ortho intramolecular Hbond substituents is 1. The van der Waals surface area contributed by atoms with Gasteiger partial charge in [0.25, 0.3) is 0 Å². The van der Waals surface area contributed by atoms with Crippen LogP contribution in [0.1, 0.15) is 59.8 Å². The van der Waals surface area contributed by atoms with Crippen molar-refractivity contribution in [1.82, 2.24) is 0 Å². The van der Waals surface area contributed by atoms with Crippen LogP contribution in [0.4, 0.5) is 0 Å². The smallest absolute Gasteiger partial charge is 0.343 e. The molecule has 0 aromatic heterocycles. The number of hydrogen-bond donors (Lipinski definition) is 2. The third-order valence-electron chi connectivity index (χ3n) is 7.23. The minimum atomic E-state index is -1.06. The van der Waals surface area contributed by atoms with Crippen molar-refractivity contribution in [1.29, 1.82) is 0 Å². The Labute approximate surface area is 258 Å². The number of aliphatic hydroxyl groups excluding tert-OH is 1. The summed E-state index contributed by atoms with van der Waals surface area (Å²) in [4.78, 5) is 12.6. The zero-order valence-corrected chi connectivity index (χ0v) is 25.9. The van der Waals surface area contributed by atoms with E-state index in [4.69, 9.17) is 23.7 Å². The first-order chi connectivity index (χ1) is 21.3. The van der Waals surface area contributed by atoms with Crippen molar-refractivity contribution in [3.05, 3.63) is 95.1 Å². The summed E-state index contributed by atoms with van der Waals surface area (Å²) in [6, 6.07) is 21.2. The first kappa shape index (κ1) is 32.2. The lowest BCUT2D eigenvalue weighted by atomic mass is 9.95. The maximum absolute atomic E-state index is 12.6. The topological polar surface area (TPSA) is 104 Å². The van der Waals surface area contributed by atoms with Gasteiger partial charge in [-0.15, -0.1) is 0 Å². The maximum Gasteiger partial charge on any atom is 0.343 e. The molecule has 1 atom stereocenters. The molecule has 0 radical (unpaired) electrons. The molecule has 8 nitrogen and oxygen atoms in total. The predicted octanol–water partition coefficient (Wildman–Crippen LogP) is 7.32. The van der Waals surface area contributed by atoms with Crippen LogP contribution in [0, 0.1) is 0 Å². The molecule has 2 N–H and O–H groups in total. The molecule has 0 saturated heterocycles. The van der Waals surface area contributed by atoms with Gasteiger partial charge in [-0.2, -0.15) is 0 Å². The Morgan fingerprint density at radius 2 is 1.34 bits per heavy atom. The Hall–Kier alpha value is -4.69. The van der Waals surface area contributed by atoms with E-state index in [0.29, 0.717) is 39.5 Å². The van der Waals surface area contributed by atoms with Gasteiger partial charge in [0, 0.05) is 11.1 Å². The number of ether oxygens (including phenoxy) is 5. The minimum absolute atomic E-state index is 0.00109. The third-order valence-corrected chi connectivity index (χ3v) is 7.23. The van der Waals surface area contributed by atoms with Crippen LogP contribution >= 0.6 is 0 Å². The summed E-state index contributed by atoms with van der Waals surface area (Å²) in [7, 11) is 4.55. The van der Waals surface area contributed by atoms with E-state index in [0.717, 1.165) is 36.8 Å². The number of carbonyl (C=O) groups is 1. The summed E-state index contributed by atoms with van der Waals surface area (Å²) < 4.78 is 28.5. The standard InChI is InChI=1S/C36H40O8/c1-6-11-23-17-27(34(38)32(19-23)41-4)28-18-24(12-7-2)20-33(42-5)35(28)43-22-29(37)26-15-16-30(31(21-26)40-3)44-36(39)25-13-9-8-10-14-25/h8-10,13-21,29,37-38H,6-7,11-12,22H2,1-5H3. The number of benzene rings is 4. The molecule has 8 heteroatoms. The molecule has 1 unspecified atom stereocenters. The fourth-order valence-corrected chi connectivity index (χ4v) is 5.02. The lowest BCUT2D eigenvalue weighted by molar-refractivity contribution is 0.0729. The Bertz CT molecular complexity index is 1560. The molecular formula is C36H40O8. The van der Waals surface area contributed by atoms with Crippen molar-refractivity contribution >= 4 is 5.97 Å². The maximum atomic E-state index is 12.6. The summed E-state index contributed by atoms with van der Waals surface area (Å²) in [5.41, 5.74) is 4.14. The Kier molecular flexibility index (Phi) is 11.1. The van der Waals surface area contributed by atoms with Gasteiger partial charge in [0.1, 0.15) is 12.7 Å². The fourth-order valence-electron chi connectivity index (χ4n) is 5.02. The SMILES string of the molecule is CCCc1cc(OC)c(O)c(-c2cc(CCC)cc(OC)c2OCC(O)c2ccc(OC(=O)c3ccccc3)c(OC)c2)c1. The first-order valence-corrected chi connectivity index (χ1v) is 14.7. The van der Waals surface area contributed by atoms with Crippen molar-refractivity contribution < 1.29 is 38.7 Å². The highest BCUT2D eigenvalue weighted by atomic mass is 16.6. The van der Waals surface area contributed by atoms with Gasteiger partial charge >= 0.3 is 5.97 Å². The normalized spacial score (nSPS) is 11.5. The number of aryl methyl sites for hydroxylation is 2. The van der Waals surface area contributed by atoms with E-state index < -0.39 is 12.1 Å². The monoisotopic (exact) mass is 600 g/mol. The Balaban J connectivity index is 1.65. The van der Waals surface area contributed by atoms with Gasteiger partial charge in [0.05, 0.1) is 26.9 Å². The molecule has 0 saturated carbocycles. The van der Waals surface area contributed by atoms with E-state index in [9.17, 15) is 15.0 Å². The lowest BCUT2D eigenvalue weighted by Gasteiger charge is -2.21. The molecular weight excluding hydrogens is 560 g/mol. The van der Waals surface area contributed by atoms with Crippen LogP contribution in [0.3, 0.4) is 0 Å². The molecule has 0 fully saturated rings. The molecule has 0 bridgehead atoms. The highest BCUT2D eigenvalue weighted by Crippen LogP contribution is 2.47. The average Bonchev–Trinajstić information content (AvgIpc) is 3.05. The summed E-state index contributed by atoms with van der Waals surface area (Å²) in [6.07, 6.45) is 2.40. The largest absolute Gasteiger partial charge is 0.504 e. The minimum Gasteiger partial charge on any atom is -0.504 e. The quantitative estimate of drug-likeness (QED) is 0.115. The summed E-state index contributed by atoms with van der Waals surface area (Å²) in [5, 5.41) is 22.4. The van der Waals surface area contributed by atoms with Crippen LogP contribution in [0.25, 0.3) is 11.1 Å². The van der Waals surface area contributed by atoms with E-state index in [2.05, 4.69) is 13.8 Å². The van der Waals surface area contributed by atoms with Gasteiger partial charge in [-0.25, -0.2) is 4.79 Å². The summed E-state index contributed by atoms with van der Waals surface area (Å²) in [5.74, 6) is 1.24. The second-order valence-electron chi connectivity index (χ2n) is 10.4. The molecule has 0 aliphatic rings. The molecule has 0 aliphatic carbocycles. The number of methoxy groups -OCH3 is 3. The number of aliphatic hydroxyl groups is 1. The third kappa shape index (κ3) is 7.44. The number of carbonyl (C=O) groups excluding carboxylic acids is 1. The van der Waals surface area contributed by atoms with Crippen molar-refractivity contribution in [3.63, 3.8) is 0 Å². The number of aromatic hydroxyl groups is 1. The van der Waals surface area contributed by atoms with E-state index in [1.165, 1.54) is 14.2 Å². The fraction of sp³-hybridized carbons (Fsp3) is 0.306. The zero-order chi connectivity index (χ0) is 31.6. The number of phenols is 1. The van der Waals surface area contributed by atoms with Crippen molar-refractivity contribution in [2.24, 2.45) is 0 Å². The van der Waals surface area contributed by atoms with Crippen LogP contribution in [0.2, 0.25) is 0 Å². The van der Waals surface area contributed by atoms with Crippen molar-refractivity contribution in [3.8, 4) is 45.6 Å². The van der Waals surface area contributed by atoms with Gasteiger partial charge in [0.15, 0.2) is 34.5 Å². The van der Waals surface area contributed by atoms with Crippen molar-refractivity contribution in [2.45, 2.75) is 45.6 Å². The molecule has 0 amide bonds. The van der Waals surface area contributed by atoms with Crippen molar-refractivity contribution in [2.75, 3.05) is 27.9 Å². The van der Waals surface area contributed by atoms with E-state index in [1.54, 1.807) is 49.6 Å². The lowest BCUT2D eigenvalue weighted by Crippen LogP contribution is -2.12. The highest BCUT2D eigenvalue weighted by Gasteiger charge is 2.23. The van der Waals surface area contributed by atoms with Crippen LogP contribution in [-0.2, 0) is 12.8 Å².